The second-order valence-electron chi connectivity index (χ2n) is 11.3. The summed E-state index contributed by atoms with van der Waals surface area (Å²) in [7, 11) is 1.50. The third kappa shape index (κ3) is 4.97. The summed E-state index contributed by atoms with van der Waals surface area (Å²) in [5.41, 5.74) is -0.267. The fourth-order valence-corrected chi connectivity index (χ4v) is 6.97. The molecule has 0 radical (unpaired) electrons. The third-order valence-corrected chi connectivity index (χ3v) is 8.81. The minimum absolute atomic E-state index is 0.0558. The number of esters is 3. The Morgan fingerprint density at radius 3 is 2.44 bits per heavy atom. The van der Waals surface area contributed by atoms with Crippen LogP contribution in [0.4, 0.5) is 0 Å². The van der Waals surface area contributed by atoms with E-state index >= 15 is 0 Å². The third-order valence-electron chi connectivity index (χ3n) is 8.81. The Labute approximate surface area is 245 Å². The number of carboxylic acid groups (broad SMARTS) is 2. The average molecular weight is 605 g/mol. The molecule has 1 fully saturated rings. The number of carboxylic acids is 2. The number of rotatable bonds is 11. The molecule has 0 aromatic heterocycles. The van der Waals surface area contributed by atoms with Crippen molar-refractivity contribution in [1.82, 2.24) is 0 Å². The molecule has 0 unspecified atom stereocenters. The number of methoxy groups -OCH3 is 1. The van der Waals surface area contributed by atoms with Gasteiger partial charge in [0.05, 0.1) is 31.0 Å². The van der Waals surface area contributed by atoms with Crippen molar-refractivity contribution >= 4 is 29.8 Å². The molecule has 1 spiro atoms. The van der Waals surface area contributed by atoms with Crippen molar-refractivity contribution in [2.24, 2.45) is 5.92 Å². The topological polar surface area (TPSA) is 212 Å². The molecule has 1 heterocycles. The van der Waals surface area contributed by atoms with Crippen LogP contribution < -0.4 is 9.47 Å². The largest absolute Gasteiger partial charge is 0.493 e. The molecule has 1 aromatic rings. The van der Waals surface area contributed by atoms with Gasteiger partial charge in [-0.1, -0.05) is 12.5 Å². The van der Waals surface area contributed by atoms with Gasteiger partial charge in [0, 0.05) is 5.56 Å². The number of carbonyl (C=O) groups is 5. The van der Waals surface area contributed by atoms with Crippen LogP contribution in [0, 0.1) is 5.92 Å². The SMILES string of the molecule is COc1ccc2c3c1O[C@@H]1C(OC(=O)C[C@H](OC(=O)[C@H](C)O)C(=O)O[C@H](CC(=O)O)C(=O)O)=CC[C@]4(O)[C@@H](CCC[C@@]314)C2. The normalized spacial score (nSPS) is 28.1. The van der Waals surface area contributed by atoms with E-state index in [0.717, 1.165) is 30.9 Å². The highest BCUT2D eigenvalue weighted by Crippen LogP contribution is 2.67. The molecule has 4 aliphatic rings. The van der Waals surface area contributed by atoms with Gasteiger partial charge in [0.15, 0.2) is 17.6 Å². The standard InChI is InChI=1S/C29H32O14/c1-13(30)26(36)42-19(27(37)41-18(25(34)35)11-20(31)32)12-21(33)40-17-7-9-29(38)15-4-3-8-28(29)22-14(10-15)5-6-16(39-2)23(22)43-24(17)28/h5-7,13,15,18-19,24,30,38H,3-4,8-12H2,1-2H3,(H,31,32)(H,34,35)/t13-,15-,18+,19-,24+,28+,29-/m0/s1. The van der Waals surface area contributed by atoms with Gasteiger partial charge < -0.3 is 44.1 Å². The Bertz CT molecular complexity index is 1400. The van der Waals surface area contributed by atoms with E-state index in [4.69, 9.17) is 28.8 Å². The first kappa shape index (κ1) is 30.3. The average Bonchev–Trinajstić information content (AvgIpc) is 3.28. The molecule has 7 atom stereocenters. The molecule has 1 aromatic carbocycles. The van der Waals surface area contributed by atoms with Crippen LogP contribution in [-0.4, -0.2) is 87.4 Å². The molecule has 1 aliphatic heterocycles. The zero-order valence-electron chi connectivity index (χ0n) is 23.4. The molecule has 0 saturated heterocycles. The van der Waals surface area contributed by atoms with Gasteiger partial charge in [0.25, 0.3) is 0 Å². The van der Waals surface area contributed by atoms with Crippen molar-refractivity contribution in [3.63, 3.8) is 0 Å². The van der Waals surface area contributed by atoms with E-state index in [2.05, 4.69) is 0 Å². The van der Waals surface area contributed by atoms with Crippen LogP contribution in [0.3, 0.4) is 0 Å². The molecule has 3 aliphatic carbocycles. The maximum atomic E-state index is 13.2. The first-order valence-electron chi connectivity index (χ1n) is 13.9. The van der Waals surface area contributed by atoms with Gasteiger partial charge in [-0.3, -0.25) is 9.59 Å². The van der Waals surface area contributed by atoms with Gasteiger partial charge in [0.1, 0.15) is 11.9 Å². The van der Waals surface area contributed by atoms with E-state index in [-0.39, 0.29) is 18.1 Å². The minimum Gasteiger partial charge on any atom is -0.493 e. The van der Waals surface area contributed by atoms with Gasteiger partial charge in [-0.25, -0.2) is 14.4 Å². The smallest absolute Gasteiger partial charge is 0.348 e. The zero-order valence-corrected chi connectivity index (χ0v) is 23.4. The van der Waals surface area contributed by atoms with Gasteiger partial charge in [-0.2, -0.15) is 0 Å². The quantitative estimate of drug-likeness (QED) is 0.203. The predicted molar refractivity (Wildman–Crippen MR) is 140 cm³/mol. The summed E-state index contributed by atoms with van der Waals surface area (Å²) in [6.45, 7) is 1.04. The molecule has 2 bridgehead atoms. The predicted octanol–water partition coefficient (Wildman–Crippen LogP) is 0.766. The van der Waals surface area contributed by atoms with E-state index in [1.54, 1.807) is 12.1 Å². The first-order valence-corrected chi connectivity index (χ1v) is 13.9. The first-order chi connectivity index (χ1) is 20.3. The Kier molecular flexibility index (Phi) is 7.86. The molecule has 5 rings (SSSR count). The number of aliphatic carboxylic acids is 2. The molecule has 43 heavy (non-hydrogen) atoms. The van der Waals surface area contributed by atoms with Crippen LogP contribution in [0.25, 0.3) is 0 Å². The van der Waals surface area contributed by atoms with E-state index in [0.29, 0.717) is 24.3 Å². The molecule has 14 nitrogen and oxygen atoms in total. The van der Waals surface area contributed by atoms with Gasteiger partial charge in [-0.05, 0) is 56.2 Å². The van der Waals surface area contributed by atoms with Crippen LogP contribution in [0.5, 0.6) is 11.5 Å². The van der Waals surface area contributed by atoms with E-state index in [9.17, 15) is 39.3 Å². The Morgan fingerprint density at radius 2 is 1.79 bits per heavy atom. The number of carbonyl (C=O) groups excluding carboxylic acids is 3. The highest BCUT2D eigenvalue weighted by Gasteiger charge is 2.71. The van der Waals surface area contributed by atoms with Crippen LogP contribution in [0.15, 0.2) is 24.0 Å². The summed E-state index contributed by atoms with van der Waals surface area (Å²) < 4.78 is 27.2. The van der Waals surface area contributed by atoms with Crippen molar-refractivity contribution in [3.05, 3.63) is 35.1 Å². The lowest BCUT2D eigenvalue weighted by molar-refractivity contribution is -0.183. The minimum atomic E-state index is -2.13. The van der Waals surface area contributed by atoms with E-state index in [1.165, 1.54) is 7.11 Å². The molecular formula is C29H32O14. The summed E-state index contributed by atoms with van der Waals surface area (Å²) in [6, 6.07) is 3.74. The van der Waals surface area contributed by atoms with Crippen LogP contribution in [0.2, 0.25) is 0 Å². The van der Waals surface area contributed by atoms with Crippen molar-refractivity contribution in [1.29, 1.82) is 0 Å². The highest BCUT2D eigenvalue weighted by atomic mass is 16.6. The Balaban J connectivity index is 1.41. The summed E-state index contributed by atoms with van der Waals surface area (Å²) in [4.78, 5) is 60.4. The number of benzene rings is 1. The van der Waals surface area contributed by atoms with Crippen molar-refractivity contribution < 1.29 is 68.1 Å². The molecule has 4 N–H and O–H groups in total. The van der Waals surface area contributed by atoms with E-state index in [1.807, 2.05) is 6.07 Å². The van der Waals surface area contributed by atoms with Crippen molar-refractivity contribution in [2.75, 3.05) is 7.11 Å². The van der Waals surface area contributed by atoms with Crippen LogP contribution in [-0.2, 0) is 50.0 Å². The number of aliphatic hydroxyl groups is 2. The lowest BCUT2D eigenvalue weighted by Gasteiger charge is -2.59. The Morgan fingerprint density at radius 1 is 1.07 bits per heavy atom. The fourth-order valence-electron chi connectivity index (χ4n) is 6.97. The molecule has 232 valence electrons. The lowest BCUT2D eigenvalue weighted by Crippen LogP contribution is -2.67. The maximum absolute atomic E-state index is 13.2. The maximum Gasteiger partial charge on any atom is 0.348 e. The van der Waals surface area contributed by atoms with Gasteiger partial charge >= 0.3 is 29.8 Å². The number of hydrogen-bond donors (Lipinski definition) is 4. The fraction of sp³-hybridized carbons (Fsp3) is 0.552. The van der Waals surface area contributed by atoms with Gasteiger partial charge in [-0.15, -0.1) is 0 Å². The summed E-state index contributed by atoms with van der Waals surface area (Å²) in [5, 5.41) is 39.9. The summed E-state index contributed by atoms with van der Waals surface area (Å²) in [5.74, 6) is -6.34. The Hall–Kier alpha value is -4.17. The summed E-state index contributed by atoms with van der Waals surface area (Å²) >= 11 is 0. The number of aliphatic hydroxyl groups excluding tert-OH is 1. The van der Waals surface area contributed by atoms with E-state index < -0.39 is 78.1 Å². The van der Waals surface area contributed by atoms with Crippen molar-refractivity contribution in [2.45, 2.75) is 87.3 Å². The molecular weight excluding hydrogens is 572 g/mol. The zero-order chi connectivity index (χ0) is 31.3. The van der Waals surface area contributed by atoms with Gasteiger partial charge in [0.2, 0.25) is 12.2 Å². The lowest BCUT2D eigenvalue weighted by atomic mass is 9.47. The molecule has 1 saturated carbocycles. The summed E-state index contributed by atoms with van der Waals surface area (Å²) in [6.07, 6.45) is -4.33. The van der Waals surface area contributed by atoms with Crippen molar-refractivity contribution in [3.8, 4) is 11.5 Å². The highest BCUT2D eigenvalue weighted by molar-refractivity contribution is 5.88. The second-order valence-corrected chi connectivity index (χ2v) is 11.3. The molecule has 14 heteroatoms. The van der Waals surface area contributed by atoms with Crippen LogP contribution in [0.1, 0.15) is 56.6 Å². The number of hydrogen-bond acceptors (Lipinski definition) is 12. The monoisotopic (exact) mass is 604 g/mol. The second kappa shape index (κ2) is 11.2. The molecule has 0 amide bonds. The van der Waals surface area contributed by atoms with Crippen LogP contribution >= 0.6 is 0 Å². The number of ether oxygens (including phenoxy) is 5.